The number of hydrogen-bond acceptors (Lipinski definition) is 5. The number of nitrogens with zero attached hydrogens (tertiary/aromatic N) is 2. The molecule has 0 saturated carbocycles. The van der Waals surface area contributed by atoms with Gasteiger partial charge in [-0.2, -0.15) is 0 Å². The van der Waals surface area contributed by atoms with Crippen LogP contribution in [0.2, 0.25) is 0 Å². The molecule has 3 rings (SSSR count). The van der Waals surface area contributed by atoms with Gasteiger partial charge in [-0.05, 0) is 29.3 Å². The van der Waals surface area contributed by atoms with Crippen molar-refractivity contribution in [3.05, 3.63) is 77.3 Å². The Bertz CT molecular complexity index is 800. The summed E-state index contributed by atoms with van der Waals surface area (Å²) >= 11 is 1.27. The maximum absolute atomic E-state index is 11.7. The van der Waals surface area contributed by atoms with E-state index in [1.807, 2.05) is 54.6 Å². The average Bonchev–Trinajstić information content (AvgIpc) is 3.13. The molecule has 1 amide bonds. The van der Waals surface area contributed by atoms with Crippen molar-refractivity contribution in [2.75, 3.05) is 5.32 Å². The highest BCUT2D eigenvalue weighted by Gasteiger charge is 2.00. The Balaban J connectivity index is 1.52. The van der Waals surface area contributed by atoms with Gasteiger partial charge in [-0.1, -0.05) is 53.8 Å². The fourth-order valence-corrected chi connectivity index (χ4v) is 2.41. The second-order valence-corrected chi connectivity index (χ2v) is 5.74. The highest BCUT2D eigenvalue weighted by molar-refractivity contribution is 7.13. The SMILES string of the molecule is O=C(C=Cc1ccc(OCc2ccccc2)cc1)Nc1nncs1. The number of amides is 1. The number of carbonyl (C=O) groups is 1. The Morgan fingerprint density at radius 3 is 2.62 bits per heavy atom. The molecule has 0 aliphatic rings. The molecule has 1 aromatic heterocycles. The molecule has 3 aromatic rings. The fraction of sp³-hybridized carbons (Fsp3) is 0.0556. The van der Waals surface area contributed by atoms with Crippen LogP contribution in [0.1, 0.15) is 11.1 Å². The minimum Gasteiger partial charge on any atom is -0.489 e. The Labute approximate surface area is 143 Å². The minimum absolute atomic E-state index is 0.240. The van der Waals surface area contributed by atoms with Gasteiger partial charge >= 0.3 is 0 Å². The van der Waals surface area contributed by atoms with E-state index in [2.05, 4.69) is 15.5 Å². The van der Waals surface area contributed by atoms with E-state index in [-0.39, 0.29) is 5.91 Å². The Hall–Kier alpha value is -2.99. The van der Waals surface area contributed by atoms with Gasteiger partial charge in [0.1, 0.15) is 17.9 Å². The van der Waals surface area contributed by atoms with Crippen LogP contribution in [-0.2, 0) is 11.4 Å². The zero-order chi connectivity index (χ0) is 16.6. The summed E-state index contributed by atoms with van der Waals surface area (Å²) < 4.78 is 5.73. The lowest BCUT2D eigenvalue weighted by Crippen LogP contribution is -2.07. The summed E-state index contributed by atoms with van der Waals surface area (Å²) in [5, 5.41) is 10.5. The lowest BCUT2D eigenvalue weighted by atomic mass is 10.2. The van der Waals surface area contributed by atoms with Crippen LogP contribution in [-0.4, -0.2) is 16.1 Å². The van der Waals surface area contributed by atoms with Crippen molar-refractivity contribution >= 4 is 28.5 Å². The largest absolute Gasteiger partial charge is 0.489 e. The molecule has 1 N–H and O–H groups in total. The Morgan fingerprint density at radius 1 is 1.12 bits per heavy atom. The van der Waals surface area contributed by atoms with E-state index in [1.54, 1.807) is 11.6 Å². The van der Waals surface area contributed by atoms with Crippen molar-refractivity contribution in [1.82, 2.24) is 10.2 Å². The molecule has 0 fully saturated rings. The Kier molecular flexibility index (Phi) is 5.32. The lowest BCUT2D eigenvalue weighted by molar-refractivity contribution is -0.111. The van der Waals surface area contributed by atoms with E-state index in [0.29, 0.717) is 11.7 Å². The number of hydrogen-bond donors (Lipinski definition) is 1. The number of aromatic nitrogens is 2. The van der Waals surface area contributed by atoms with Crippen LogP contribution in [0, 0.1) is 0 Å². The Morgan fingerprint density at radius 2 is 1.92 bits per heavy atom. The number of nitrogens with one attached hydrogen (secondary N) is 1. The van der Waals surface area contributed by atoms with E-state index in [0.717, 1.165) is 16.9 Å². The van der Waals surface area contributed by atoms with Crippen molar-refractivity contribution in [2.45, 2.75) is 6.61 Å². The number of rotatable bonds is 6. The van der Waals surface area contributed by atoms with Crippen molar-refractivity contribution in [1.29, 1.82) is 0 Å². The molecule has 2 aromatic carbocycles. The number of benzene rings is 2. The molecule has 24 heavy (non-hydrogen) atoms. The van der Waals surface area contributed by atoms with Crippen molar-refractivity contribution in [3.63, 3.8) is 0 Å². The van der Waals surface area contributed by atoms with Crippen LogP contribution in [0.3, 0.4) is 0 Å². The molecule has 0 aliphatic carbocycles. The van der Waals surface area contributed by atoms with Gasteiger partial charge in [-0.25, -0.2) is 0 Å². The molecule has 0 spiro atoms. The second-order valence-electron chi connectivity index (χ2n) is 4.91. The van der Waals surface area contributed by atoms with Gasteiger partial charge in [0.15, 0.2) is 0 Å². The second kappa shape index (κ2) is 8.03. The first-order valence-corrected chi connectivity index (χ1v) is 8.19. The molecule has 0 radical (unpaired) electrons. The average molecular weight is 337 g/mol. The van der Waals surface area contributed by atoms with Crippen LogP contribution in [0.5, 0.6) is 5.75 Å². The normalized spacial score (nSPS) is 10.7. The molecule has 120 valence electrons. The van der Waals surface area contributed by atoms with Crippen LogP contribution < -0.4 is 10.1 Å². The smallest absolute Gasteiger partial charge is 0.250 e. The van der Waals surface area contributed by atoms with Crippen LogP contribution >= 0.6 is 11.3 Å². The van der Waals surface area contributed by atoms with Crippen LogP contribution in [0.4, 0.5) is 5.13 Å². The topological polar surface area (TPSA) is 64.1 Å². The standard InChI is InChI=1S/C18H15N3O2S/c22-17(20-18-21-19-13-24-18)11-8-14-6-9-16(10-7-14)23-12-15-4-2-1-3-5-15/h1-11,13H,12H2,(H,20,21,22). The van der Waals surface area contributed by atoms with E-state index >= 15 is 0 Å². The summed E-state index contributed by atoms with van der Waals surface area (Å²) in [6.07, 6.45) is 3.19. The molecule has 1 heterocycles. The number of anilines is 1. The first-order chi connectivity index (χ1) is 11.8. The molecule has 5 nitrogen and oxygen atoms in total. The van der Waals surface area contributed by atoms with Gasteiger partial charge < -0.3 is 4.74 Å². The van der Waals surface area contributed by atoms with E-state index in [9.17, 15) is 4.79 Å². The van der Waals surface area contributed by atoms with E-state index in [1.165, 1.54) is 17.4 Å². The van der Waals surface area contributed by atoms with E-state index in [4.69, 9.17) is 4.74 Å². The summed E-state index contributed by atoms with van der Waals surface area (Å²) in [6, 6.07) is 17.5. The molecule has 0 atom stereocenters. The predicted octanol–water partition coefficient (Wildman–Crippen LogP) is 3.77. The maximum atomic E-state index is 11.7. The molecule has 0 aliphatic heterocycles. The van der Waals surface area contributed by atoms with Gasteiger partial charge in [-0.3, -0.25) is 10.1 Å². The predicted molar refractivity (Wildman–Crippen MR) is 94.8 cm³/mol. The van der Waals surface area contributed by atoms with Crippen molar-refractivity contribution in [2.24, 2.45) is 0 Å². The maximum Gasteiger partial charge on any atom is 0.250 e. The van der Waals surface area contributed by atoms with Crippen LogP contribution in [0.15, 0.2) is 66.2 Å². The zero-order valence-corrected chi connectivity index (χ0v) is 13.6. The summed E-state index contributed by atoms with van der Waals surface area (Å²) in [7, 11) is 0. The van der Waals surface area contributed by atoms with Crippen molar-refractivity contribution in [3.8, 4) is 5.75 Å². The summed E-state index contributed by atoms with van der Waals surface area (Å²) in [5.74, 6) is 0.547. The van der Waals surface area contributed by atoms with Crippen molar-refractivity contribution < 1.29 is 9.53 Å². The van der Waals surface area contributed by atoms with Gasteiger partial charge in [0.2, 0.25) is 11.0 Å². The highest BCUT2D eigenvalue weighted by Crippen LogP contribution is 2.15. The van der Waals surface area contributed by atoms with Gasteiger partial charge in [0.05, 0.1) is 0 Å². The molecule has 0 unspecified atom stereocenters. The molecule has 0 bridgehead atoms. The summed E-state index contributed by atoms with van der Waals surface area (Å²) in [4.78, 5) is 11.7. The molecule has 0 saturated heterocycles. The molecular formula is C18H15N3O2S. The first kappa shape index (κ1) is 15.9. The summed E-state index contributed by atoms with van der Waals surface area (Å²) in [5.41, 5.74) is 3.59. The summed E-state index contributed by atoms with van der Waals surface area (Å²) in [6.45, 7) is 0.528. The molecule has 6 heteroatoms. The minimum atomic E-state index is -0.240. The third kappa shape index (κ3) is 4.76. The number of carbonyl (C=O) groups excluding carboxylic acids is 1. The van der Waals surface area contributed by atoms with Crippen LogP contribution in [0.25, 0.3) is 6.08 Å². The third-order valence-electron chi connectivity index (χ3n) is 3.15. The quantitative estimate of drug-likeness (QED) is 0.696. The first-order valence-electron chi connectivity index (χ1n) is 7.31. The van der Waals surface area contributed by atoms with Gasteiger partial charge in [-0.15, -0.1) is 10.2 Å². The highest BCUT2D eigenvalue weighted by atomic mass is 32.1. The molecular weight excluding hydrogens is 322 g/mol. The third-order valence-corrected chi connectivity index (χ3v) is 3.75. The fourth-order valence-electron chi connectivity index (χ4n) is 1.96. The number of ether oxygens (including phenoxy) is 1. The van der Waals surface area contributed by atoms with Gasteiger partial charge in [0.25, 0.3) is 0 Å². The zero-order valence-electron chi connectivity index (χ0n) is 12.8. The monoisotopic (exact) mass is 337 g/mol. The van der Waals surface area contributed by atoms with Gasteiger partial charge in [0, 0.05) is 6.08 Å². The van der Waals surface area contributed by atoms with E-state index < -0.39 is 0 Å². The lowest BCUT2D eigenvalue weighted by Gasteiger charge is -2.06.